The fourth-order valence-electron chi connectivity index (χ4n) is 2.11. The molecule has 1 atom stereocenters. The van der Waals surface area contributed by atoms with Crippen molar-refractivity contribution >= 4 is 22.8 Å². The number of anilines is 1. The summed E-state index contributed by atoms with van der Waals surface area (Å²) in [5, 5.41) is 8.99. The van der Waals surface area contributed by atoms with Crippen LogP contribution in [-0.2, 0) is 4.79 Å². The molecular formula is C12H11N3O3. The number of H-pyrrole nitrogens is 1. The van der Waals surface area contributed by atoms with Gasteiger partial charge in [0.05, 0.1) is 11.0 Å². The molecule has 0 aliphatic carbocycles. The molecule has 2 N–H and O–H groups in total. The molecule has 6 nitrogen and oxygen atoms in total. The lowest BCUT2D eigenvalue weighted by molar-refractivity contribution is -0.140. The smallest absolute Gasteiger partial charge is 0.326 e. The third-order valence-corrected chi connectivity index (χ3v) is 3.16. The lowest BCUT2D eigenvalue weighted by atomic mass is 10.0. The SMILES string of the molecule is O=C(O)C1CCN1c1nc2ccccc2[nH]c1=O. The standard InChI is InChI=1S/C12H11N3O3/c16-11-10(15-6-5-9(15)12(17)18)13-7-3-1-2-4-8(7)14-11/h1-4,9H,5-6H2,(H,14,16)(H,17,18). The molecule has 3 rings (SSSR count). The second-order valence-corrected chi connectivity index (χ2v) is 4.24. The van der Waals surface area contributed by atoms with Crippen molar-refractivity contribution < 1.29 is 9.90 Å². The number of nitrogens with zero attached hydrogens (tertiary/aromatic N) is 2. The average Bonchev–Trinajstić information content (AvgIpc) is 2.27. The van der Waals surface area contributed by atoms with Gasteiger partial charge in [-0.2, -0.15) is 0 Å². The highest BCUT2D eigenvalue weighted by molar-refractivity contribution is 5.81. The zero-order chi connectivity index (χ0) is 12.7. The number of benzene rings is 1. The van der Waals surface area contributed by atoms with Crippen LogP contribution in [0.2, 0.25) is 0 Å². The van der Waals surface area contributed by atoms with E-state index in [0.717, 1.165) is 0 Å². The molecule has 1 aromatic heterocycles. The molecule has 0 bridgehead atoms. The summed E-state index contributed by atoms with van der Waals surface area (Å²) in [7, 11) is 0. The van der Waals surface area contributed by atoms with Crippen molar-refractivity contribution in [2.45, 2.75) is 12.5 Å². The van der Waals surface area contributed by atoms with Crippen molar-refractivity contribution in [2.75, 3.05) is 11.4 Å². The van der Waals surface area contributed by atoms with E-state index in [9.17, 15) is 9.59 Å². The molecule has 18 heavy (non-hydrogen) atoms. The van der Waals surface area contributed by atoms with Crippen molar-refractivity contribution in [3.8, 4) is 0 Å². The summed E-state index contributed by atoms with van der Waals surface area (Å²) < 4.78 is 0. The summed E-state index contributed by atoms with van der Waals surface area (Å²) in [6.07, 6.45) is 0.545. The summed E-state index contributed by atoms with van der Waals surface area (Å²) >= 11 is 0. The summed E-state index contributed by atoms with van der Waals surface area (Å²) in [5.41, 5.74) is 0.960. The summed E-state index contributed by atoms with van der Waals surface area (Å²) in [6, 6.07) is 6.54. The van der Waals surface area contributed by atoms with Crippen molar-refractivity contribution in [1.29, 1.82) is 0 Å². The maximum Gasteiger partial charge on any atom is 0.326 e. The topological polar surface area (TPSA) is 86.3 Å². The molecule has 0 amide bonds. The lowest BCUT2D eigenvalue weighted by Gasteiger charge is -2.38. The van der Waals surface area contributed by atoms with Gasteiger partial charge in [0.2, 0.25) is 0 Å². The van der Waals surface area contributed by atoms with E-state index in [-0.39, 0.29) is 11.4 Å². The van der Waals surface area contributed by atoms with Gasteiger partial charge in [-0.1, -0.05) is 12.1 Å². The Bertz CT molecular complexity index is 680. The van der Waals surface area contributed by atoms with Crippen molar-refractivity contribution in [3.05, 3.63) is 34.6 Å². The van der Waals surface area contributed by atoms with Gasteiger partial charge in [0.15, 0.2) is 5.82 Å². The minimum Gasteiger partial charge on any atom is -0.480 e. The Hall–Kier alpha value is -2.37. The van der Waals surface area contributed by atoms with Gasteiger partial charge in [-0.05, 0) is 18.6 Å². The van der Waals surface area contributed by atoms with Gasteiger partial charge in [0.25, 0.3) is 5.56 Å². The second-order valence-electron chi connectivity index (χ2n) is 4.24. The normalized spacial score (nSPS) is 18.7. The largest absolute Gasteiger partial charge is 0.480 e. The molecular weight excluding hydrogens is 234 g/mol. The fraction of sp³-hybridized carbons (Fsp3) is 0.250. The first-order chi connectivity index (χ1) is 8.66. The quantitative estimate of drug-likeness (QED) is 0.808. The number of carboxylic acid groups (broad SMARTS) is 1. The number of fused-ring (bicyclic) bond motifs is 1. The first kappa shape index (κ1) is 10.8. The molecule has 2 aromatic rings. The molecule has 1 aromatic carbocycles. The number of carbonyl (C=O) groups is 1. The fourth-order valence-corrected chi connectivity index (χ4v) is 2.11. The van der Waals surface area contributed by atoms with Gasteiger partial charge in [0, 0.05) is 6.54 Å². The Morgan fingerprint density at radius 1 is 1.44 bits per heavy atom. The van der Waals surface area contributed by atoms with Crippen molar-refractivity contribution in [3.63, 3.8) is 0 Å². The maximum atomic E-state index is 11.9. The molecule has 1 aliphatic rings. The zero-order valence-corrected chi connectivity index (χ0v) is 9.46. The van der Waals surface area contributed by atoms with Crippen LogP contribution in [0.15, 0.2) is 29.1 Å². The summed E-state index contributed by atoms with van der Waals surface area (Å²) in [5.74, 6) is -0.733. The van der Waals surface area contributed by atoms with Gasteiger partial charge < -0.3 is 15.0 Å². The number of carboxylic acids is 1. The predicted molar refractivity (Wildman–Crippen MR) is 65.8 cm³/mol. The predicted octanol–water partition coefficient (Wildman–Crippen LogP) is 0.586. The van der Waals surface area contributed by atoms with E-state index < -0.39 is 12.0 Å². The van der Waals surface area contributed by atoms with Crippen LogP contribution in [-0.4, -0.2) is 33.6 Å². The highest BCUT2D eigenvalue weighted by Gasteiger charge is 2.36. The second kappa shape index (κ2) is 3.83. The van der Waals surface area contributed by atoms with Gasteiger partial charge >= 0.3 is 5.97 Å². The van der Waals surface area contributed by atoms with Gasteiger partial charge in [-0.15, -0.1) is 0 Å². The van der Waals surface area contributed by atoms with Crippen LogP contribution >= 0.6 is 0 Å². The van der Waals surface area contributed by atoms with Crippen molar-refractivity contribution in [2.24, 2.45) is 0 Å². The maximum absolute atomic E-state index is 11.9. The van der Waals surface area contributed by atoms with Gasteiger partial charge in [-0.3, -0.25) is 4.79 Å². The molecule has 1 saturated heterocycles. The molecule has 6 heteroatoms. The van der Waals surface area contributed by atoms with E-state index in [1.54, 1.807) is 12.1 Å². The Kier molecular flexibility index (Phi) is 2.29. The molecule has 1 fully saturated rings. The third-order valence-electron chi connectivity index (χ3n) is 3.16. The summed E-state index contributed by atoms with van der Waals surface area (Å²) in [6.45, 7) is 0.547. The van der Waals surface area contributed by atoms with E-state index >= 15 is 0 Å². The molecule has 0 radical (unpaired) electrons. The number of hydrogen-bond donors (Lipinski definition) is 2. The van der Waals surface area contributed by atoms with Gasteiger partial charge in [-0.25, -0.2) is 9.78 Å². The number of nitrogens with one attached hydrogen (secondary N) is 1. The van der Waals surface area contributed by atoms with E-state index in [2.05, 4.69) is 9.97 Å². The van der Waals surface area contributed by atoms with Crippen LogP contribution in [0, 0.1) is 0 Å². The number of aliphatic carboxylic acids is 1. The van der Waals surface area contributed by atoms with E-state index in [1.165, 1.54) is 4.90 Å². The third kappa shape index (κ3) is 1.54. The first-order valence-corrected chi connectivity index (χ1v) is 5.65. The van der Waals surface area contributed by atoms with E-state index in [0.29, 0.717) is 24.0 Å². The Labute approximate surface area is 102 Å². The Morgan fingerprint density at radius 3 is 2.89 bits per heavy atom. The van der Waals surface area contributed by atoms with Crippen LogP contribution in [0.3, 0.4) is 0 Å². The number of rotatable bonds is 2. The molecule has 0 spiro atoms. The molecule has 2 heterocycles. The molecule has 1 aliphatic heterocycles. The average molecular weight is 245 g/mol. The van der Waals surface area contributed by atoms with Crippen LogP contribution in [0.25, 0.3) is 11.0 Å². The Balaban J connectivity index is 2.10. The Morgan fingerprint density at radius 2 is 2.22 bits per heavy atom. The lowest BCUT2D eigenvalue weighted by Crippen LogP contribution is -2.54. The van der Waals surface area contributed by atoms with E-state index in [1.807, 2.05) is 12.1 Å². The van der Waals surface area contributed by atoms with E-state index in [4.69, 9.17) is 5.11 Å². The minimum atomic E-state index is -0.921. The van der Waals surface area contributed by atoms with Crippen LogP contribution in [0.5, 0.6) is 0 Å². The number of hydrogen-bond acceptors (Lipinski definition) is 4. The molecule has 92 valence electrons. The van der Waals surface area contributed by atoms with Crippen LogP contribution in [0.1, 0.15) is 6.42 Å². The molecule has 1 unspecified atom stereocenters. The number of aromatic nitrogens is 2. The minimum absolute atomic E-state index is 0.187. The van der Waals surface area contributed by atoms with Crippen molar-refractivity contribution in [1.82, 2.24) is 9.97 Å². The monoisotopic (exact) mass is 245 g/mol. The number of aromatic amines is 1. The zero-order valence-electron chi connectivity index (χ0n) is 9.46. The van der Waals surface area contributed by atoms with Crippen LogP contribution in [0.4, 0.5) is 5.82 Å². The van der Waals surface area contributed by atoms with Gasteiger partial charge in [0.1, 0.15) is 6.04 Å². The number of para-hydroxylation sites is 2. The van der Waals surface area contributed by atoms with Crippen LogP contribution < -0.4 is 10.5 Å². The first-order valence-electron chi connectivity index (χ1n) is 5.65. The highest BCUT2D eigenvalue weighted by atomic mass is 16.4. The summed E-state index contributed by atoms with van der Waals surface area (Å²) in [4.78, 5) is 31.3. The highest BCUT2D eigenvalue weighted by Crippen LogP contribution is 2.23. The molecule has 0 saturated carbocycles.